The number of nitrogens with one attached hydrogen (secondary N) is 1. The number of carbonyl (C=O) groups is 3. The van der Waals surface area contributed by atoms with Gasteiger partial charge in [0.1, 0.15) is 6.04 Å². The maximum Gasteiger partial charge on any atom is 0.471 e. The summed E-state index contributed by atoms with van der Waals surface area (Å²) in [4.78, 5) is 37.5. The van der Waals surface area contributed by atoms with E-state index in [0.717, 1.165) is 0 Å². The van der Waals surface area contributed by atoms with Crippen molar-refractivity contribution in [2.24, 2.45) is 11.3 Å². The number of amides is 2. The van der Waals surface area contributed by atoms with E-state index in [1.165, 1.54) is 11.9 Å². The predicted octanol–water partition coefficient (Wildman–Crippen LogP) is 3.07. The number of carbonyl (C=O) groups excluding carboxylic acids is 3. The molecular formula is C19H31F3N2O4. The SMILES string of the molecule is CCOC(=O)/C(C)=C/C(C(C)C)N(C)C(=O)C(NC(=O)C(F)(F)F)C(C)(C)C. The number of hydrogen-bond donors (Lipinski definition) is 1. The van der Waals surface area contributed by atoms with Crippen LogP contribution in [0.3, 0.4) is 0 Å². The lowest BCUT2D eigenvalue weighted by Gasteiger charge is -2.37. The number of esters is 1. The van der Waals surface area contributed by atoms with Crippen LogP contribution in [0.5, 0.6) is 0 Å². The van der Waals surface area contributed by atoms with Crippen molar-refractivity contribution in [3.05, 3.63) is 11.6 Å². The molecule has 1 N–H and O–H groups in total. The molecule has 0 aliphatic carbocycles. The minimum absolute atomic E-state index is 0.141. The Hall–Kier alpha value is -2.06. The number of halogens is 3. The molecule has 6 nitrogen and oxygen atoms in total. The molecule has 2 unspecified atom stereocenters. The molecule has 0 heterocycles. The van der Waals surface area contributed by atoms with E-state index < -0.39 is 41.5 Å². The molecule has 2 amide bonds. The lowest BCUT2D eigenvalue weighted by Crippen LogP contribution is -2.58. The zero-order valence-corrected chi connectivity index (χ0v) is 17.7. The van der Waals surface area contributed by atoms with Crippen molar-refractivity contribution in [1.29, 1.82) is 0 Å². The molecule has 2 atom stereocenters. The van der Waals surface area contributed by atoms with Crippen LogP contribution in [0.15, 0.2) is 11.6 Å². The van der Waals surface area contributed by atoms with E-state index in [-0.39, 0.29) is 18.1 Å². The van der Waals surface area contributed by atoms with Gasteiger partial charge in [-0.3, -0.25) is 9.59 Å². The molecule has 0 saturated heterocycles. The minimum Gasteiger partial charge on any atom is -0.463 e. The van der Waals surface area contributed by atoms with Crippen molar-refractivity contribution in [3.8, 4) is 0 Å². The van der Waals surface area contributed by atoms with Crippen LogP contribution in [0, 0.1) is 11.3 Å². The highest BCUT2D eigenvalue weighted by molar-refractivity contribution is 5.91. The Morgan fingerprint density at radius 1 is 1.14 bits per heavy atom. The topological polar surface area (TPSA) is 75.7 Å². The van der Waals surface area contributed by atoms with Gasteiger partial charge in [0.15, 0.2) is 0 Å². The van der Waals surface area contributed by atoms with Crippen molar-refractivity contribution in [2.75, 3.05) is 13.7 Å². The van der Waals surface area contributed by atoms with Crippen LogP contribution >= 0.6 is 0 Å². The van der Waals surface area contributed by atoms with E-state index in [1.54, 1.807) is 46.0 Å². The highest BCUT2D eigenvalue weighted by Crippen LogP contribution is 2.25. The first kappa shape index (κ1) is 25.9. The molecule has 9 heteroatoms. The molecule has 0 spiro atoms. The molecule has 0 fully saturated rings. The van der Waals surface area contributed by atoms with Gasteiger partial charge in [-0.1, -0.05) is 40.7 Å². The Morgan fingerprint density at radius 2 is 1.64 bits per heavy atom. The largest absolute Gasteiger partial charge is 0.471 e. The third kappa shape index (κ3) is 7.52. The summed E-state index contributed by atoms with van der Waals surface area (Å²) in [6.45, 7) is 11.7. The van der Waals surface area contributed by atoms with Gasteiger partial charge < -0.3 is 15.0 Å². The summed E-state index contributed by atoms with van der Waals surface area (Å²) in [6, 6.07) is -1.98. The zero-order chi connectivity index (χ0) is 22.4. The molecule has 0 bridgehead atoms. The van der Waals surface area contributed by atoms with E-state index in [1.807, 2.05) is 13.8 Å². The first-order valence-electron chi connectivity index (χ1n) is 9.03. The Kier molecular flexibility index (Phi) is 9.20. The molecule has 0 saturated carbocycles. The number of hydrogen-bond acceptors (Lipinski definition) is 4. The summed E-state index contributed by atoms with van der Waals surface area (Å²) in [5.41, 5.74) is -0.680. The average Bonchev–Trinajstić information content (AvgIpc) is 2.53. The number of likely N-dealkylation sites (N-methyl/N-ethyl adjacent to an activating group) is 1. The second kappa shape index (κ2) is 9.93. The van der Waals surface area contributed by atoms with E-state index >= 15 is 0 Å². The fourth-order valence-corrected chi connectivity index (χ4v) is 2.53. The molecule has 162 valence electrons. The third-order valence-electron chi connectivity index (χ3n) is 4.14. The van der Waals surface area contributed by atoms with Crippen molar-refractivity contribution in [3.63, 3.8) is 0 Å². The number of ether oxygens (including phenoxy) is 1. The number of alkyl halides is 3. The predicted molar refractivity (Wildman–Crippen MR) is 99.2 cm³/mol. The quantitative estimate of drug-likeness (QED) is 0.519. The van der Waals surface area contributed by atoms with Gasteiger partial charge in [-0.05, 0) is 25.2 Å². The monoisotopic (exact) mass is 408 g/mol. The van der Waals surface area contributed by atoms with Gasteiger partial charge in [-0.15, -0.1) is 0 Å². The maximum atomic E-state index is 13.0. The van der Waals surface area contributed by atoms with Crippen LogP contribution in [-0.2, 0) is 19.1 Å². The van der Waals surface area contributed by atoms with E-state index in [9.17, 15) is 27.6 Å². The van der Waals surface area contributed by atoms with Crippen molar-refractivity contribution in [2.45, 2.75) is 66.7 Å². The second-order valence-corrected chi connectivity index (χ2v) is 8.02. The maximum absolute atomic E-state index is 13.0. The van der Waals surface area contributed by atoms with Crippen molar-refractivity contribution >= 4 is 17.8 Å². The van der Waals surface area contributed by atoms with Gasteiger partial charge >= 0.3 is 18.1 Å². The average molecular weight is 408 g/mol. The molecule has 0 aromatic heterocycles. The normalized spacial score (nSPS) is 15.1. The van der Waals surface area contributed by atoms with Gasteiger partial charge in [0.25, 0.3) is 0 Å². The standard InChI is InChI=1S/C19H31F3N2O4/c1-9-28-16(26)12(4)10-13(11(2)3)24(8)15(25)14(18(5,6)7)23-17(27)19(20,21)22/h10-11,13-14H,9H2,1-8H3,(H,23,27)/b12-10+. The van der Waals surface area contributed by atoms with Crippen LogP contribution in [0.1, 0.15) is 48.5 Å². The Morgan fingerprint density at radius 3 is 2.00 bits per heavy atom. The van der Waals surface area contributed by atoms with E-state index in [2.05, 4.69) is 0 Å². The van der Waals surface area contributed by atoms with Crippen molar-refractivity contribution in [1.82, 2.24) is 10.2 Å². The molecule has 0 radical (unpaired) electrons. The van der Waals surface area contributed by atoms with Crippen molar-refractivity contribution < 1.29 is 32.3 Å². The minimum atomic E-state index is -5.10. The summed E-state index contributed by atoms with van der Waals surface area (Å²) in [7, 11) is 1.43. The Labute approximate surface area is 164 Å². The summed E-state index contributed by atoms with van der Waals surface area (Å²) >= 11 is 0. The van der Waals surface area contributed by atoms with Crippen LogP contribution in [0.25, 0.3) is 0 Å². The van der Waals surface area contributed by atoms with Gasteiger partial charge in [-0.25, -0.2) is 4.79 Å². The molecule has 0 rings (SSSR count). The highest BCUT2D eigenvalue weighted by atomic mass is 19.4. The summed E-state index contributed by atoms with van der Waals surface area (Å²) < 4.78 is 43.0. The van der Waals surface area contributed by atoms with E-state index in [4.69, 9.17) is 4.74 Å². The first-order valence-corrected chi connectivity index (χ1v) is 9.03. The second-order valence-electron chi connectivity index (χ2n) is 8.02. The van der Waals surface area contributed by atoms with Crippen LogP contribution in [0.4, 0.5) is 13.2 Å². The highest BCUT2D eigenvalue weighted by Gasteiger charge is 2.44. The summed E-state index contributed by atoms with van der Waals surface area (Å²) in [5, 5.41) is 1.80. The fraction of sp³-hybridized carbons (Fsp3) is 0.737. The lowest BCUT2D eigenvalue weighted by atomic mass is 9.85. The number of nitrogens with zero attached hydrogens (tertiary/aromatic N) is 1. The zero-order valence-electron chi connectivity index (χ0n) is 17.7. The molecule has 0 aromatic rings. The van der Waals surface area contributed by atoms with Crippen LogP contribution in [0.2, 0.25) is 0 Å². The van der Waals surface area contributed by atoms with Gasteiger partial charge in [0, 0.05) is 12.6 Å². The molecule has 0 aliphatic heterocycles. The smallest absolute Gasteiger partial charge is 0.463 e. The Bertz CT molecular complexity index is 607. The van der Waals surface area contributed by atoms with Crippen LogP contribution in [-0.4, -0.2) is 54.6 Å². The number of rotatable bonds is 7. The molecule has 0 aromatic carbocycles. The summed E-state index contributed by atoms with van der Waals surface area (Å²) in [5.74, 6) is -3.53. The van der Waals surface area contributed by atoms with Gasteiger partial charge in [0.2, 0.25) is 5.91 Å². The third-order valence-corrected chi connectivity index (χ3v) is 4.14. The fourth-order valence-electron chi connectivity index (χ4n) is 2.53. The molecule has 0 aliphatic rings. The lowest BCUT2D eigenvalue weighted by molar-refractivity contribution is -0.176. The van der Waals surface area contributed by atoms with Gasteiger partial charge in [-0.2, -0.15) is 13.2 Å². The summed E-state index contributed by atoms with van der Waals surface area (Å²) in [6.07, 6.45) is -3.55. The van der Waals surface area contributed by atoms with E-state index in [0.29, 0.717) is 0 Å². The first-order chi connectivity index (χ1) is 12.5. The van der Waals surface area contributed by atoms with Crippen LogP contribution < -0.4 is 5.32 Å². The molecular weight excluding hydrogens is 377 g/mol. The molecule has 28 heavy (non-hydrogen) atoms. The van der Waals surface area contributed by atoms with Gasteiger partial charge in [0.05, 0.1) is 12.6 Å². The Balaban J connectivity index is 5.79.